The lowest BCUT2D eigenvalue weighted by molar-refractivity contribution is 0.112. The molecule has 4 nitrogen and oxygen atoms in total. The molecule has 0 aliphatic carbocycles. The van der Waals surface area contributed by atoms with Crippen LogP contribution in [0.2, 0.25) is 0 Å². The number of carbonyl (C=O) groups is 1. The van der Waals surface area contributed by atoms with Gasteiger partial charge in [0.05, 0.1) is 11.0 Å². The molecule has 5 heteroatoms. The van der Waals surface area contributed by atoms with Gasteiger partial charge in [0, 0.05) is 17.8 Å². The van der Waals surface area contributed by atoms with Gasteiger partial charge in [0.25, 0.3) is 0 Å². The molecule has 1 aromatic carbocycles. The fourth-order valence-corrected chi connectivity index (χ4v) is 1.77. The molecule has 0 N–H and O–H groups in total. The number of nitrogens with zero attached hydrogens (tertiary/aromatic N) is 3. The number of aldehydes is 1. The maximum Gasteiger partial charge on any atom is 0.151 e. The number of imidazole rings is 1. The van der Waals surface area contributed by atoms with Crippen molar-refractivity contribution in [2.45, 2.75) is 0 Å². The number of halogens is 1. The summed E-state index contributed by atoms with van der Waals surface area (Å²) in [5, 5.41) is 0. The van der Waals surface area contributed by atoms with Crippen LogP contribution in [0.4, 0.5) is 4.39 Å². The molecule has 0 aliphatic heterocycles. The molecule has 0 radical (unpaired) electrons. The fraction of sp³-hybridized carbons (Fsp3) is 0. The van der Waals surface area contributed by atoms with E-state index in [0.29, 0.717) is 22.4 Å². The highest BCUT2D eigenvalue weighted by Gasteiger charge is 2.06. The third-order valence-electron chi connectivity index (χ3n) is 2.66. The van der Waals surface area contributed by atoms with Crippen LogP contribution < -0.4 is 0 Å². The summed E-state index contributed by atoms with van der Waals surface area (Å²) < 4.78 is 14.9. The van der Waals surface area contributed by atoms with E-state index in [1.165, 1.54) is 18.3 Å². The first-order valence-corrected chi connectivity index (χ1v) is 5.32. The van der Waals surface area contributed by atoms with Gasteiger partial charge in [-0.15, -0.1) is 0 Å². The van der Waals surface area contributed by atoms with Crippen LogP contribution in [0.1, 0.15) is 10.4 Å². The minimum absolute atomic E-state index is 0.325. The van der Waals surface area contributed by atoms with E-state index in [9.17, 15) is 9.18 Å². The van der Waals surface area contributed by atoms with E-state index in [1.807, 2.05) is 0 Å². The highest BCUT2D eigenvalue weighted by Crippen LogP contribution is 2.17. The SMILES string of the molecule is O=Cc1ccc(-n2cnc3ccc(F)cc32)nc1. The summed E-state index contributed by atoms with van der Waals surface area (Å²) in [6.07, 6.45) is 3.77. The summed E-state index contributed by atoms with van der Waals surface area (Å²) in [5.41, 5.74) is 1.83. The molecular formula is C13H8FN3O. The second-order valence-corrected chi connectivity index (χ2v) is 3.82. The lowest BCUT2D eigenvalue weighted by atomic mass is 10.3. The molecule has 0 aliphatic rings. The van der Waals surface area contributed by atoms with Gasteiger partial charge in [-0.25, -0.2) is 14.4 Å². The number of hydrogen-bond donors (Lipinski definition) is 0. The Balaban J connectivity index is 2.18. The number of carbonyl (C=O) groups excluding carboxylic acids is 1. The summed E-state index contributed by atoms with van der Waals surface area (Å²) in [6.45, 7) is 0. The maximum absolute atomic E-state index is 13.2. The number of pyridine rings is 1. The van der Waals surface area contributed by atoms with Crippen molar-refractivity contribution >= 4 is 17.3 Å². The number of aromatic nitrogens is 3. The van der Waals surface area contributed by atoms with Crippen molar-refractivity contribution < 1.29 is 9.18 Å². The molecule has 0 saturated carbocycles. The summed E-state index contributed by atoms with van der Waals surface area (Å²) in [6, 6.07) is 7.72. The summed E-state index contributed by atoms with van der Waals surface area (Å²) >= 11 is 0. The minimum Gasteiger partial charge on any atom is -0.298 e. The van der Waals surface area contributed by atoms with E-state index in [4.69, 9.17) is 0 Å². The lowest BCUT2D eigenvalue weighted by Gasteiger charge is -2.02. The Bertz CT molecular complexity index is 719. The number of fused-ring (bicyclic) bond motifs is 1. The van der Waals surface area contributed by atoms with E-state index in [2.05, 4.69) is 9.97 Å². The fourth-order valence-electron chi connectivity index (χ4n) is 1.77. The molecule has 0 bridgehead atoms. The topological polar surface area (TPSA) is 47.8 Å². The van der Waals surface area contributed by atoms with Gasteiger partial charge in [-0.3, -0.25) is 9.36 Å². The molecule has 18 heavy (non-hydrogen) atoms. The molecule has 2 heterocycles. The van der Waals surface area contributed by atoms with Crippen LogP contribution in [0, 0.1) is 5.82 Å². The Labute approximate surface area is 102 Å². The van der Waals surface area contributed by atoms with E-state index < -0.39 is 0 Å². The molecule has 0 atom stereocenters. The van der Waals surface area contributed by atoms with Crippen LogP contribution in [0.15, 0.2) is 42.9 Å². The molecule has 2 aromatic heterocycles. The van der Waals surface area contributed by atoms with E-state index in [1.54, 1.807) is 29.1 Å². The third-order valence-corrected chi connectivity index (χ3v) is 2.66. The van der Waals surface area contributed by atoms with E-state index in [-0.39, 0.29) is 5.82 Å². The summed E-state index contributed by atoms with van der Waals surface area (Å²) in [5.74, 6) is 0.266. The molecule has 0 amide bonds. The van der Waals surface area contributed by atoms with Crippen molar-refractivity contribution in [3.05, 3.63) is 54.2 Å². The van der Waals surface area contributed by atoms with Gasteiger partial charge >= 0.3 is 0 Å². The van der Waals surface area contributed by atoms with Crippen molar-refractivity contribution in [3.63, 3.8) is 0 Å². The molecular weight excluding hydrogens is 233 g/mol. The predicted molar refractivity (Wildman–Crippen MR) is 64.2 cm³/mol. The molecule has 0 spiro atoms. The zero-order chi connectivity index (χ0) is 12.5. The van der Waals surface area contributed by atoms with Gasteiger partial charge in [0.15, 0.2) is 6.29 Å². The van der Waals surface area contributed by atoms with Gasteiger partial charge in [-0.1, -0.05) is 0 Å². The van der Waals surface area contributed by atoms with Crippen molar-refractivity contribution in [1.29, 1.82) is 0 Å². The Kier molecular flexibility index (Phi) is 2.37. The van der Waals surface area contributed by atoms with Crippen LogP contribution >= 0.6 is 0 Å². The Morgan fingerprint density at radius 1 is 1.17 bits per heavy atom. The summed E-state index contributed by atoms with van der Waals surface area (Å²) in [4.78, 5) is 18.9. The molecule has 88 valence electrons. The molecule has 0 unspecified atom stereocenters. The highest BCUT2D eigenvalue weighted by atomic mass is 19.1. The Morgan fingerprint density at radius 3 is 2.78 bits per heavy atom. The first kappa shape index (κ1) is 10.6. The number of hydrogen-bond acceptors (Lipinski definition) is 3. The van der Waals surface area contributed by atoms with Crippen molar-refractivity contribution in [3.8, 4) is 5.82 Å². The van der Waals surface area contributed by atoms with Gasteiger partial charge in [-0.2, -0.15) is 0 Å². The first-order valence-electron chi connectivity index (χ1n) is 5.32. The van der Waals surface area contributed by atoms with Crippen molar-refractivity contribution in [2.24, 2.45) is 0 Å². The standard InChI is InChI=1S/C13H8FN3O/c14-10-2-3-11-12(5-10)17(8-16-11)13-4-1-9(7-18)6-15-13/h1-8H. The van der Waals surface area contributed by atoms with Gasteiger partial charge in [-0.05, 0) is 24.3 Å². The monoisotopic (exact) mass is 241 g/mol. The number of rotatable bonds is 2. The van der Waals surface area contributed by atoms with Gasteiger partial charge < -0.3 is 0 Å². The summed E-state index contributed by atoms with van der Waals surface area (Å²) in [7, 11) is 0. The van der Waals surface area contributed by atoms with E-state index >= 15 is 0 Å². The van der Waals surface area contributed by atoms with Crippen molar-refractivity contribution in [2.75, 3.05) is 0 Å². The largest absolute Gasteiger partial charge is 0.298 e. The van der Waals surface area contributed by atoms with Crippen LogP contribution in [0.3, 0.4) is 0 Å². The smallest absolute Gasteiger partial charge is 0.151 e. The molecule has 0 fully saturated rings. The maximum atomic E-state index is 13.2. The quantitative estimate of drug-likeness (QED) is 0.647. The van der Waals surface area contributed by atoms with Crippen molar-refractivity contribution in [1.82, 2.24) is 14.5 Å². The predicted octanol–water partition coefficient (Wildman–Crippen LogP) is 2.37. The van der Waals surface area contributed by atoms with Crippen LogP contribution in [0.25, 0.3) is 16.9 Å². The second kappa shape index (κ2) is 4.03. The lowest BCUT2D eigenvalue weighted by Crippen LogP contribution is -1.96. The zero-order valence-electron chi connectivity index (χ0n) is 9.25. The normalized spacial score (nSPS) is 10.7. The van der Waals surface area contributed by atoms with Gasteiger partial charge in [0.2, 0.25) is 0 Å². The second-order valence-electron chi connectivity index (χ2n) is 3.82. The molecule has 0 saturated heterocycles. The number of benzene rings is 1. The highest BCUT2D eigenvalue weighted by molar-refractivity contribution is 5.77. The van der Waals surface area contributed by atoms with Crippen LogP contribution in [-0.2, 0) is 0 Å². The van der Waals surface area contributed by atoms with Crippen LogP contribution in [0.5, 0.6) is 0 Å². The average molecular weight is 241 g/mol. The Hall–Kier alpha value is -2.56. The van der Waals surface area contributed by atoms with E-state index in [0.717, 1.165) is 6.29 Å². The van der Waals surface area contributed by atoms with Gasteiger partial charge in [0.1, 0.15) is 18.0 Å². The Morgan fingerprint density at radius 2 is 2.06 bits per heavy atom. The average Bonchev–Trinajstić information content (AvgIpc) is 2.82. The third kappa shape index (κ3) is 1.66. The zero-order valence-corrected chi connectivity index (χ0v) is 9.25. The van der Waals surface area contributed by atoms with Crippen LogP contribution in [-0.4, -0.2) is 20.8 Å². The minimum atomic E-state index is -0.325. The first-order chi connectivity index (χ1) is 8.78. The molecule has 3 rings (SSSR count). The molecule has 3 aromatic rings.